The molecule has 3 heteroatoms. The van der Waals surface area contributed by atoms with Crippen LogP contribution in [-0.4, -0.2) is 11.5 Å². The molecule has 0 heterocycles. The molecule has 0 bridgehead atoms. The van der Waals surface area contributed by atoms with Crippen LogP contribution in [0.25, 0.3) is 10.8 Å². The lowest BCUT2D eigenvalue weighted by Gasteiger charge is -2.03. The van der Waals surface area contributed by atoms with Gasteiger partial charge in [-0.05, 0) is 28.4 Å². The third-order valence-electron chi connectivity index (χ3n) is 2.29. The molecule has 0 spiro atoms. The molecule has 0 unspecified atom stereocenters. The summed E-state index contributed by atoms with van der Waals surface area (Å²) in [6, 6.07) is 10.4. The van der Waals surface area contributed by atoms with Crippen molar-refractivity contribution in [1.29, 1.82) is 0 Å². The molecule has 0 fully saturated rings. The Morgan fingerprint density at radius 3 is 2.40 bits per heavy atom. The van der Waals surface area contributed by atoms with Crippen molar-refractivity contribution in [3.8, 4) is 0 Å². The molecule has 0 saturated heterocycles. The first-order chi connectivity index (χ1) is 7.24. The van der Waals surface area contributed by atoms with Crippen molar-refractivity contribution in [2.45, 2.75) is 0 Å². The van der Waals surface area contributed by atoms with Crippen LogP contribution in [0, 0.1) is 0 Å². The first kappa shape index (κ1) is 9.87. The minimum Gasteiger partial charge on any atom is -0.298 e. The maximum absolute atomic E-state index is 11.1. The van der Waals surface area contributed by atoms with Crippen LogP contribution in [0.3, 0.4) is 0 Å². The SMILES string of the molecule is O=Cc1cccc2c(C(=O)Cl)cccc12. The highest BCUT2D eigenvalue weighted by molar-refractivity contribution is 6.68. The summed E-state index contributed by atoms with van der Waals surface area (Å²) in [5.74, 6) is 0. The van der Waals surface area contributed by atoms with Crippen molar-refractivity contribution >= 4 is 33.9 Å². The van der Waals surface area contributed by atoms with Crippen molar-refractivity contribution in [1.82, 2.24) is 0 Å². The Balaban J connectivity index is 2.88. The molecule has 74 valence electrons. The van der Waals surface area contributed by atoms with Crippen molar-refractivity contribution in [2.75, 3.05) is 0 Å². The number of aldehydes is 1. The quantitative estimate of drug-likeness (QED) is 0.574. The normalized spacial score (nSPS) is 10.2. The number of benzene rings is 2. The van der Waals surface area contributed by atoms with E-state index >= 15 is 0 Å². The molecule has 2 aromatic rings. The third-order valence-corrected chi connectivity index (χ3v) is 2.50. The van der Waals surface area contributed by atoms with Crippen LogP contribution >= 0.6 is 11.6 Å². The Kier molecular flexibility index (Phi) is 2.52. The topological polar surface area (TPSA) is 34.1 Å². The van der Waals surface area contributed by atoms with Crippen LogP contribution in [0.15, 0.2) is 36.4 Å². The summed E-state index contributed by atoms with van der Waals surface area (Å²) in [4.78, 5) is 21.9. The molecule has 2 rings (SSSR count). The molecule has 0 amide bonds. The van der Waals surface area contributed by atoms with Gasteiger partial charge in [0.25, 0.3) is 5.24 Å². The number of halogens is 1. The van der Waals surface area contributed by atoms with E-state index in [1.54, 1.807) is 36.4 Å². The van der Waals surface area contributed by atoms with E-state index in [9.17, 15) is 9.59 Å². The van der Waals surface area contributed by atoms with Gasteiger partial charge in [-0.25, -0.2) is 0 Å². The number of hydrogen-bond acceptors (Lipinski definition) is 2. The molecule has 0 atom stereocenters. The first-order valence-electron chi connectivity index (χ1n) is 4.41. The fourth-order valence-electron chi connectivity index (χ4n) is 1.61. The maximum atomic E-state index is 11.1. The van der Waals surface area contributed by atoms with Crippen molar-refractivity contribution in [2.24, 2.45) is 0 Å². The predicted molar refractivity (Wildman–Crippen MR) is 59.5 cm³/mol. The number of carbonyl (C=O) groups excluding carboxylic acids is 2. The molecule has 0 saturated carbocycles. The van der Waals surface area contributed by atoms with Gasteiger partial charge in [0, 0.05) is 11.1 Å². The van der Waals surface area contributed by atoms with E-state index in [0.29, 0.717) is 16.5 Å². The molecule has 0 radical (unpaired) electrons. The van der Waals surface area contributed by atoms with E-state index in [4.69, 9.17) is 11.6 Å². The molecule has 0 aliphatic heterocycles. The van der Waals surface area contributed by atoms with Crippen LogP contribution in [-0.2, 0) is 0 Å². The summed E-state index contributed by atoms with van der Waals surface area (Å²) in [6.07, 6.45) is 0.769. The zero-order valence-electron chi connectivity index (χ0n) is 7.74. The average Bonchev–Trinajstić information content (AvgIpc) is 2.27. The Morgan fingerprint density at radius 1 is 1.07 bits per heavy atom. The average molecular weight is 219 g/mol. The minimum absolute atomic E-state index is 0.429. The fourth-order valence-corrected chi connectivity index (χ4v) is 1.77. The van der Waals surface area contributed by atoms with Gasteiger partial charge >= 0.3 is 0 Å². The molecule has 0 aliphatic carbocycles. The second-order valence-electron chi connectivity index (χ2n) is 3.14. The van der Waals surface area contributed by atoms with E-state index < -0.39 is 5.24 Å². The van der Waals surface area contributed by atoms with Crippen molar-refractivity contribution in [3.05, 3.63) is 47.5 Å². The standard InChI is InChI=1S/C12H7ClO2/c13-12(15)11-6-2-4-9-8(7-14)3-1-5-10(9)11/h1-7H. The van der Waals surface area contributed by atoms with E-state index in [1.165, 1.54) is 0 Å². The number of rotatable bonds is 2. The third kappa shape index (κ3) is 1.64. The van der Waals surface area contributed by atoms with Gasteiger partial charge in [-0.3, -0.25) is 9.59 Å². The molecule has 2 aromatic carbocycles. The van der Waals surface area contributed by atoms with Gasteiger partial charge in [0.15, 0.2) is 6.29 Å². The highest BCUT2D eigenvalue weighted by Gasteiger charge is 2.08. The molecular formula is C12H7ClO2. The van der Waals surface area contributed by atoms with Crippen LogP contribution in [0.1, 0.15) is 20.7 Å². The highest BCUT2D eigenvalue weighted by atomic mass is 35.5. The molecule has 0 aromatic heterocycles. The Bertz CT molecular complexity index is 546. The number of hydrogen-bond donors (Lipinski definition) is 0. The van der Waals surface area contributed by atoms with Crippen molar-refractivity contribution in [3.63, 3.8) is 0 Å². The second kappa shape index (κ2) is 3.83. The Morgan fingerprint density at radius 2 is 1.73 bits per heavy atom. The zero-order valence-corrected chi connectivity index (χ0v) is 8.49. The second-order valence-corrected chi connectivity index (χ2v) is 3.48. The summed E-state index contributed by atoms with van der Waals surface area (Å²) >= 11 is 5.45. The van der Waals surface area contributed by atoms with Gasteiger partial charge in [0.1, 0.15) is 0 Å². The summed E-state index contributed by atoms with van der Waals surface area (Å²) in [5.41, 5.74) is 0.991. The lowest BCUT2D eigenvalue weighted by molar-refractivity contribution is 0.108. The number of fused-ring (bicyclic) bond motifs is 1. The predicted octanol–water partition coefficient (Wildman–Crippen LogP) is 3.03. The van der Waals surface area contributed by atoms with Crippen LogP contribution in [0.2, 0.25) is 0 Å². The monoisotopic (exact) mass is 218 g/mol. The summed E-state index contributed by atoms with van der Waals surface area (Å²) < 4.78 is 0. The Labute approximate surface area is 91.5 Å². The summed E-state index contributed by atoms with van der Waals surface area (Å²) in [5, 5.41) is 0.949. The van der Waals surface area contributed by atoms with Crippen LogP contribution in [0.5, 0.6) is 0 Å². The zero-order chi connectivity index (χ0) is 10.8. The van der Waals surface area contributed by atoms with E-state index in [0.717, 1.165) is 11.7 Å². The largest absolute Gasteiger partial charge is 0.298 e. The molecule has 0 N–H and O–H groups in total. The minimum atomic E-state index is -0.511. The van der Waals surface area contributed by atoms with E-state index in [2.05, 4.69) is 0 Å². The summed E-state index contributed by atoms with van der Waals surface area (Å²) in [6.45, 7) is 0. The van der Waals surface area contributed by atoms with Gasteiger partial charge < -0.3 is 0 Å². The van der Waals surface area contributed by atoms with Gasteiger partial charge in [-0.15, -0.1) is 0 Å². The lowest BCUT2D eigenvalue weighted by Crippen LogP contribution is -1.92. The molecule has 0 aliphatic rings. The lowest BCUT2D eigenvalue weighted by atomic mass is 10.0. The van der Waals surface area contributed by atoms with Crippen LogP contribution < -0.4 is 0 Å². The highest BCUT2D eigenvalue weighted by Crippen LogP contribution is 2.22. The Hall–Kier alpha value is -1.67. The maximum Gasteiger partial charge on any atom is 0.253 e. The number of carbonyl (C=O) groups is 2. The van der Waals surface area contributed by atoms with Gasteiger partial charge in [-0.2, -0.15) is 0 Å². The van der Waals surface area contributed by atoms with Gasteiger partial charge in [0.05, 0.1) is 0 Å². The molecular weight excluding hydrogens is 212 g/mol. The van der Waals surface area contributed by atoms with E-state index in [-0.39, 0.29) is 0 Å². The summed E-state index contributed by atoms with van der Waals surface area (Å²) in [7, 11) is 0. The van der Waals surface area contributed by atoms with E-state index in [1.807, 2.05) is 0 Å². The smallest absolute Gasteiger partial charge is 0.253 e. The van der Waals surface area contributed by atoms with Gasteiger partial charge in [-0.1, -0.05) is 30.3 Å². The van der Waals surface area contributed by atoms with Crippen LogP contribution in [0.4, 0.5) is 0 Å². The van der Waals surface area contributed by atoms with Gasteiger partial charge in [0.2, 0.25) is 0 Å². The van der Waals surface area contributed by atoms with Crippen molar-refractivity contribution < 1.29 is 9.59 Å². The molecule has 15 heavy (non-hydrogen) atoms. The molecule has 2 nitrogen and oxygen atoms in total. The first-order valence-corrected chi connectivity index (χ1v) is 4.78. The fraction of sp³-hybridized carbons (Fsp3) is 0.